The second kappa shape index (κ2) is 6.01. The minimum absolute atomic E-state index is 0.103. The lowest BCUT2D eigenvalue weighted by Crippen LogP contribution is -2.37. The third-order valence-electron chi connectivity index (χ3n) is 4.66. The fourth-order valence-electron chi connectivity index (χ4n) is 3.19. The van der Waals surface area contributed by atoms with Gasteiger partial charge in [0.2, 0.25) is 5.78 Å². The van der Waals surface area contributed by atoms with E-state index in [0.717, 1.165) is 23.4 Å². The van der Waals surface area contributed by atoms with Crippen molar-refractivity contribution in [3.63, 3.8) is 0 Å². The average molecular weight is 336 g/mol. The summed E-state index contributed by atoms with van der Waals surface area (Å²) in [6, 6.07) is 7.85. The van der Waals surface area contributed by atoms with E-state index in [4.69, 9.17) is 9.47 Å². The lowest BCUT2D eigenvalue weighted by atomic mass is 10.00. The molecule has 0 unspecified atom stereocenters. The summed E-state index contributed by atoms with van der Waals surface area (Å²) in [6.07, 6.45) is 3.37. The Balaban J connectivity index is 1.73. The monoisotopic (exact) mass is 336 g/mol. The summed E-state index contributed by atoms with van der Waals surface area (Å²) in [7, 11) is 0. The van der Waals surface area contributed by atoms with Gasteiger partial charge >= 0.3 is 0 Å². The number of fused-ring (bicyclic) bond motifs is 2. The highest BCUT2D eigenvalue weighted by Gasteiger charge is 2.33. The van der Waals surface area contributed by atoms with Crippen LogP contribution in [-0.4, -0.2) is 28.4 Å². The van der Waals surface area contributed by atoms with Gasteiger partial charge in [0.1, 0.15) is 18.2 Å². The maximum Gasteiger partial charge on any atom is 0.232 e. The Morgan fingerprint density at radius 1 is 1.28 bits per heavy atom. The van der Waals surface area contributed by atoms with Crippen LogP contribution in [0.4, 0.5) is 0 Å². The summed E-state index contributed by atoms with van der Waals surface area (Å²) >= 11 is 0. The molecule has 0 bridgehead atoms. The third kappa shape index (κ3) is 2.70. The summed E-state index contributed by atoms with van der Waals surface area (Å²) in [5.41, 5.74) is 3.22. The molecule has 0 fully saturated rings. The van der Waals surface area contributed by atoms with E-state index in [1.165, 1.54) is 0 Å². The number of benzene rings is 1. The first-order chi connectivity index (χ1) is 12.0. The number of ether oxygens (including phenoxy) is 2. The van der Waals surface area contributed by atoms with E-state index in [0.29, 0.717) is 35.5 Å². The number of allylic oxidation sites excluding steroid dienone is 1. The largest absolute Gasteiger partial charge is 0.477 e. The van der Waals surface area contributed by atoms with E-state index in [9.17, 15) is 4.79 Å². The summed E-state index contributed by atoms with van der Waals surface area (Å²) in [5.74, 6) is 1.64. The Morgan fingerprint density at radius 3 is 2.84 bits per heavy atom. The number of carbonyl (C=O) groups excluding carboxylic acids is 1. The summed E-state index contributed by atoms with van der Waals surface area (Å²) in [6.45, 7) is 7.54. The van der Waals surface area contributed by atoms with Crippen molar-refractivity contribution in [3.8, 4) is 11.5 Å². The first-order valence-corrected chi connectivity index (χ1v) is 8.43. The number of pyridine rings is 1. The molecule has 5 heteroatoms. The molecule has 128 valence electrons. The lowest BCUT2D eigenvalue weighted by Gasteiger charge is -2.32. The van der Waals surface area contributed by atoms with E-state index < -0.39 is 0 Å². The van der Waals surface area contributed by atoms with Crippen molar-refractivity contribution in [1.29, 1.82) is 0 Å². The van der Waals surface area contributed by atoms with Crippen LogP contribution in [-0.2, 0) is 6.54 Å². The van der Waals surface area contributed by atoms with E-state index in [2.05, 4.69) is 23.7 Å². The van der Waals surface area contributed by atoms with Crippen molar-refractivity contribution in [1.82, 2.24) is 9.88 Å². The molecule has 25 heavy (non-hydrogen) atoms. The highest BCUT2D eigenvalue weighted by Crippen LogP contribution is 2.43. The zero-order valence-electron chi connectivity index (χ0n) is 14.6. The van der Waals surface area contributed by atoms with Crippen molar-refractivity contribution in [2.45, 2.75) is 33.4 Å². The molecule has 0 atom stereocenters. The number of nitrogens with zero attached hydrogens (tertiary/aromatic N) is 2. The zero-order valence-corrected chi connectivity index (χ0v) is 14.6. The first-order valence-electron chi connectivity index (χ1n) is 8.43. The van der Waals surface area contributed by atoms with Gasteiger partial charge in [0.25, 0.3) is 0 Å². The molecule has 2 aliphatic rings. The molecule has 0 radical (unpaired) electrons. The van der Waals surface area contributed by atoms with Crippen LogP contribution in [0.3, 0.4) is 0 Å². The van der Waals surface area contributed by atoms with Gasteiger partial charge in [0.15, 0.2) is 5.76 Å². The van der Waals surface area contributed by atoms with Crippen molar-refractivity contribution in [2.24, 2.45) is 0 Å². The standard InChI is InChI=1S/C20H20N2O3/c1-12(2)22-10-14-8-16-18(23)17(9-15-6-4-5-7-21-15)25-20(16)13(3)19(14)24-11-22/h4-9,12H,10-11H2,1-3H3/b17-9-. The van der Waals surface area contributed by atoms with Gasteiger partial charge < -0.3 is 9.47 Å². The van der Waals surface area contributed by atoms with Gasteiger partial charge in [-0.2, -0.15) is 0 Å². The molecular formula is C20H20N2O3. The number of rotatable bonds is 2. The molecule has 5 nitrogen and oxygen atoms in total. The molecule has 4 rings (SSSR count). The Labute approximate surface area is 146 Å². The Kier molecular flexibility index (Phi) is 3.81. The molecule has 1 aromatic heterocycles. The highest BCUT2D eigenvalue weighted by atomic mass is 16.5. The topological polar surface area (TPSA) is 51.7 Å². The molecule has 2 aliphatic heterocycles. The van der Waals surface area contributed by atoms with Gasteiger partial charge in [-0.15, -0.1) is 0 Å². The van der Waals surface area contributed by atoms with Crippen molar-refractivity contribution in [2.75, 3.05) is 6.73 Å². The lowest BCUT2D eigenvalue weighted by molar-refractivity contribution is 0.0678. The number of hydrogen-bond donors (Lipinski definition) is 0. The van der Waals surface area contributed by atoms with Crippen LogP contribution in [0.2, 0.25) is 0 Å². The summed E-state index contributed by atoms with van der Waals surface area (Å²) < 4.78 is 11.8. The molecular weight excluding hydrogens is 316 g/mol. The predicted molar refractivity (Wildman–Crippen MR) is 94.5 cm³/mol. The number of aromatic nitrogens is 1. The fraction of sp³-hybridized carbons (Fsp3) is 0.300. The minimum atomic E-state index is -0.103. The SMILES string of the molecule is Cc1c2c(cc3c1O/C(=C\c1ccccn1)C3=O)CN(C(C)C)CO2. The second-order valence-corrected chi connectivity index (χ2v) is 6.67. The van der Waals surface area contributed by atoms with E-state index in [1.807, 2.05) is 31.2 Å². The second-order valence-electron chi connectivity index (χ2n) is 6.67. The molecule has 2 aromatic rings. The number of Topliss-reactive ketones (excluding diaryl/α,β-unsaturated/α-hetero) is 1. The van der Waals surface area contributed by atoms with Gasteiger partial charge in [-0.05, 0) is 39.0 Å². The van der Waals surface area contributed by atoms with Crippen LogP contribution in [0, 0.1) is 6.92 Å². The quantitative estimate of drug-likeness (QED) is 0.785. The van der Waals surface area contributed by atoms with Gasteiger partial charge in [-0.25, -0.2) is 0 Å². The van der Waals surface area contributed by atoms with Crippen molar-refractivity contribution >= 4 is 11.9 Å². The molecule has 0 N–H and O–H groups in total. The normalized spacial score (nSPS) is 18.1. The molecule has 0 saturated carbocycles. The molecule has 0 saturated heterocycles. The van der Waals surface area contributed by atoms with Crippen molar-refractivity contribution < 1.29 is 14.3 Å². The third-order valence-corrected chi connectivity index (χ3v) is 4.66. The Bertz CT molecular complexity index is 872. The Morgan fingerprint density at radius 2 is 2.12 bits per heavy atom. The average Bonchev–Trinajstić information content (AvgIpc) is 2.92. The first kappa shape index (κ1) is 15.8. The molecule has 0 spiro atoms. The predicted octanol–water partition coefficient (Wildman–Crippen LogP) is 3.57. The van der Waals surface area contributed by atoms with Crippen molar-refractivity contribution in [3.05, 3.63) is 58.6 Å². The zero-order chi connectivity index (χ0) is 17.6. The fourth-order valence-corrected chi connectivity index (χ4v) is 3.19. The van der Waals surface area contributed by atoms with Crippen LogP contribution in [0.1, 0.15) is 41.0 Å². The van der Waals surface area contributed by atoms with E-state index in [-0.39, 0.29) is 5.78 Å². The minimum Gasteiger partial charge on any atom is -0.477 e. The molecule has 1 aromatic carbocycles. The molecule has 0 amide bonds. The van der Waals surface area contributed by atoms with E-state index in [1.54, 1.807) is 12.3 Å². The summed E-state index contributed by atoms with van der Waals surface area (Å²) in [5, 5.41) is 0. The Hall–Kier alpha value is -2.66. The smallest absolute Gasteiger partial charge is 0.232 e. The van der Waals surface area contributed by atoms with Crippen LogP contribution in [0.25, 0.3) is 6.08 Å². The van der Waals surface area contributed by atoms with E-state index >= 15 is 0 Å². The molecule has 0 aliphatic carbocycles. The summed E-state index contributed by atoms with van der Waals surface area (Å²) in [4.78, 5) is 19.2. The van der Waals surface area contributed by atoms with Crippen LogP contribution < -0.4 is 9.47 Å². The number of carbonyl (C=O) groups is 1. The van der Waals surface area contributed by atoms with Gasteiger partial charge in [0.05, 0.1) is 11.3 Å². The van der Waals surface area contributed by atoms with Crippen LogP contribution in [0.5, 0.6) is 11.5 Å². The number of hydrogen-bond acceptors (Lipinski definition) is 5. The van der Waals surface area contributed by atoms with Gasteiger partial charge in [0, 0.05) is 36.0 Å². The maximum absolute atomic E-state index is 12.8. The molecule has 3 heterocycles. The highest BCUT2D eigenvalue weighted by molar-refractivity contribution is 6.15. The number of ketones is 1. The maximum atomic E-state index is 12.8. The van der Waals surface area contributed by atoms with Gasteiger partial charge in [-0.3, -0.25) is 14.7 Å². The van der Waals surface area contributed by atoms with Crippen LogP contribution >= 0.6 is 0 Å². The van der Waals surface area contributed by atoms with Gasteiger partial charge in [-0.1, -0.05) is 6.07 Å². The van der Waals surface area contributed by atoms with Crippen LogP contribution in [0.15, 0.2) is 36.2 Å².